The number of rotatable bonds is 3. The first-order valence-corrected chi connectivity index (χ1v) is 6.24. The Balaban J connectivity index is 2.17. The van der Waals surface area contributed by atoms with Crippen molar-refractivity contribution >= 4 is 5.91 Å². The molecule has 20 heavy (non-hydrogen) atoms. The molecule has 0 radical (unpaired) electrons. The summed E-state index contributed by atoms with van der Waals surface area (Å²) in [6.07, 6.45) is 1.73. The van der Waals surface area contributed by atoms with Crippen molar-refractivity contribution < 1.29 is 4.79 Å². The molecule has 0 bridgehead atoms. The van der Waals surface area contributed by atoms with Gasteiger partial charge >= 0.3 is 0 Å². The fraction of sp³-hybridized carbons (Fsp3) is 0.385. The molecule has 0 aliphatic rings. The predicted molar refractivity (Wildman–Crippen MR) is 73.3 cm³/mol. The summed E-state index contributed by atoms with van der Waals surface area (Å²) in [5.74, 6) is -0.323. The number of hydrogen-bond acceptors (Lipinski definition) is 4. The summed E-state index contributed by atoms with van der Waals surface area (Å²) in [5, 5.41) is 10.9. The Kier molecular flexibility index (Phi) is 3.69. The first kappa shape index (κ1) is 14.0. The average Bonchev–Trinajstić information content (AvgIpc) is 2.73. The number of amides is 1. The molecule has 7 nitrogen and oxygen atoms in total. The molecule has 1 N–H and O–H groups in total. The zero-order valence-corrected chi connectivity index (χ0v) is 11.9. The molecule has 0 spiro atoms. The van der Waals surface area contributed by atoms with Crippen molar-refractivity contribution in [2.75, 3.05) is 0 Å². The lowest BCUT2D eigenvalue weighted by molar-refractivity contribution is 0.0932. The Bertz CT molecular complexity index is 701. The molecule has 2 rings (SSSR count). The lowest BCUT2D eigenvalue weighted by Gasteiger charge is -2.13. The van der Waals surface area contributed by atoms with Crippen molar-refractivity contribution in [2.24, 2.45) is 14.1 Å². The normalized spacial score (nSPS) is 12.2. The topological polar surface area (TPSA) is 81.8 Å². The Labute approximate surface area is 116 Å². The summed E-state index contributed by atoms with van der Waals surface area (Å²) in [6, 6.07) is 2.55. The Morgan fingerprint density at radius 2 is 2.00 bits per heavy atom. The summed E-state index contributed by atoms with van der Waals surface area (Å²) in [4.78, 5) is 23.3. The maximum Gasteiger partial charge on any atom is 0.272 e. The molecule has 2 aromatic heterocycles. The summed E-state index contributed by atoms with van der Waals surface area (Å²) < 4.78 is 2.89. The number of aryl methyl sites for hydroxylation is 2. The predicted octanol–water partition coefficient (Wildman–Crippen LogP) is 0.313. The van der Waals surface area contributed by atoms with Crippen LogP contribution in [0.2, 0.25) is 0 Å². The minimum absolute atomic E-state index is 0.185. The van der Waals surface area contributed by atoms with Gasteiger partial charge in [-0.05, 0) is 19.9 Å². The standard InChI is InChI=1S/C13H17N5O2/c1-8(10-7-14-17(3)9(10)2)15-13(20)11-5-6-12(19)18(4)16-11/h5-8H,1-4H3,(H,15,20)/t8-/m1/s1. The van der Waals surface area contributed by atoms with Crippen molar-refractivity contribution in [1.82, 2.24) is 24.9 Å². The second kappa shape index (κ2) is 5.28. The van der Waals surface area contributed by atoms with Crippen molar-refractivity contribution in [1.29, 1.82) is 0 Å². The van der Waals surface area contributed by atoms with E-state index in [4.69, 9.17) is 0 Å². The van der Waals surface area contributed by atoms with E-state index in [0.29, 0.717) is 0 Å². The molecule has 0 aliphatic carbocycles. The lowest BCUT2D eigenvalue weighted by Crippen LogP contribution is -2.30. The van der Waals surface area contributed by atoms with Crippen LogP contribution in [-0.2, 0) is 14.1 Å². The largest absolute Gasteiger partial charge is 0.344 e. The van der Waals surface area contributed by atoms with Gasteiger partial charge in [0.15, 0.2) is 0 Å². The van der Waals surface area contributed by atoms with Gasteiger partial charge in [-0.3, -0.25) is 14.3 Å². The minimum atomic E-state index is -0.323. The fourth-order valence-electron chi connectivity index (χ4n) is 1.91. The first-order valence-electron chi connectivity index (χ1n) is 6.24. The molecule has 106 valence electrons. The second-order valence-corrected chi connectivity index (χ2v) is 4.68. The van der Waals surface area contributed by atoms with Crippen LogP contribution in [0.1, 0.15) is 34.7 Å². The zero-order chi connectivity index (χ0) is 14.9. The van der Waals surface area contributed by atoms with E-state index in [-0.39, 0.29) is 23.2 Å². The lowest BCUT2D eigenvalue weighted by atomic mass is 10.1. The Morgan fingerprint density at radius 3 is 2.55 bits per heavy atom. The van der Waals surface area contributed by atoms with Crippen LogP contribution in [0.25, 0.3) is 0 Å². The molecular formula is C13H17N5O2. The molecule has 2 aromatic rings. The van der Waals surface area contributed by atoms with E-state index in [9.17, 15) is 9.59 Å². The molecule has 0 aromatic carbocycles. The van der Waals surface area contributed by atoms with Gasteiger partial charge in [0.2, 0.25) is 0 Å². The van der Waals surface area contributed by atoms with Gasteiger partial charge in [-0.25, -0.2) is 4.68 Å². The van der Waals surface area contributed by atoms with E-state index in [1.165, 1.54) is 19.2 Å². The van der Waals surface area contributed by atoms with E-state index < -0.39 is 0 Å². The number of aromatic nitrogens is 4. The van der Waals surface area contributed by atoms with Crippen LogP contribution in [0.4, 0.5) is 0 Å². The van der Waals surface area contributed by atoms with Gasteiger partial charge in [-0.1, -0.05) is 0 Å². The Morgan fingerprint density at radius 1 is 1.30 bits per heavy atom. The highest BCUT2D eigenvalue weighted by Crippen LogP contribution is 2.16. The second-order valence-electron chi connectivity index (χ2n) is 4.68. The van der Waals surface area contributed by atoms with Crippen molar-refractivity contribution in [3.8, 4) is 0 Å². The number of nitrogens with zero attached hydrogens (tertiary/aromatic N) is 4. The molecule has 0 saturated heterocycles. The molecule has 7 heteroatoms. The SMILES string of the molecule is Cc1c([C@@H](C)NC(=O)c2ccc(=O)n(C)n2)cnn1C. The monoisotopic (exact) mass is 275 g/mol. The van der Waals surface area contributed by atoms with E-state index in [1.54, 1.807) is 10.9 Å². The molecule has 0 fully saturated rings. The average molecular weight is 275 g/mol. The van der Waals surface area contributed by atoms with Crippen LogP contribution in [0.3, 0.4) is 0 Å². The summed E-state index contributed by atoms with van der Waals surface area (Å²) >= 11 is 0. The molecular weight excluding hydrogens is 258 g/mol. The zero-order valence-electron chi connectivity index (χ0n) is 11.9. The van der Waals surface area contributed by atoms with Gasteiger partial charge in [0.05, 0.1) is 12.2 Å². The van der Waals surface area contributed by atoms with E-state index >= 15 is 0 Å². The highest BCUT2D eigenvalue weighted by molar-refractivity contribution is 5.92. The van der Waals surface area contributed by atoms with E-state index in [1.807, 2.05) is 20.9 Å². The fourth-order valence-corrected chi connectivity index (χ4v) is 1.91. The smallest absolute Gasteiger partial charge is 0.272 e. The van der Waals surface area contributed by atoms with Crippen LogP contribution in [0.5, 0.6) is 0 Å². The number of carbonyl (C=O) groups is 1. The number of carbonyl (C=O) groups excluding carboxylic acids is 1. The van der Waals surface area contributed by atoms with Gasteiger partial charge < -0.3 is 5.32 Å². The molecule has 2 heterocycles. The van der Waals surface area contributed by atoms with Gasteiger partial charge in [0.1, 0.15) is 5.69 Å². The van der Waals surface area contributed by atoms with Gasteiger partial charge in [0.25, 0.3) is 11.5 Å². The summed E-state index contributed by atoms with van der Waals surface area (Å²) in [5.41, 5.74) is 1.90. The quantitative estimate of drug-likeness (QED) is 0.874. The first-order chi connectivity index (χ1) is 9.40. The van der Waals surface area contributed by atoms with Crippen LogP contribution in [0, 0.1) is 6.92 Å². The number of nitrogens with one attached hydrogen (secondary N) is 1. The highest BCUT2D eigenvalue weighted by atomic mass is 16.2. The molecule has 0 aliphatic heterocycles. The third kappa shape index (κ3) is 2.61. The van der Waals surface area contributed by atoms with Crippen LogP contribution in [0.15, 0.2) is 23.1 Å². The van der Waals surface area contributed by atoms with Crippen molar-refractivity contribution in [2.45, 2.75) is 19.9 Å². The van der Waals surface area contributed by atoms with Crippen molar-refractivity contribution in [3.63, 3.8) is 0 Å². The van der Waals surface area contributed by atoms with E-state index in [0.717, 1.165) is 15.9 Å². The maximum atomic E-state index is 12.1. The van der Waals surface area contributed by atoms with Gasteiger partial charge in [-0.2, -0.15) is 10.2 Å². The summed E-state index contributed by atoms with van der Waals surface area (Å²) in [6.45, 7) is 3.82. The molecule has 1 atom stereocenters. The number of hydrogen-bond donors (Lipinski definition) is 1. The summed E-state index contributed by atoms with van der Waals surface area (Å²) in [7, 11) is 3.36. The third-order valence-corrected chi connectivity index (χ3v) is 3.28. The van der Waals surface area contributed by atoms with E-state index in [2.05, 4.69) is 15.5 Å². The van der Waals surface area contributed by atoms with Crippen LogP contribution in [-0.4, -0.2) is 25.5 Å². The van der Waals surface area contributed by atoms with Gasteiger partial charge in [-0.15, -0.1) is 0 Å². The molecule has 0 saturated carbocycles. The maximum absolute atomic E-state index is 12.1. The third-order valence-electron chi connectivity index (χ3n) is 3.28. The highest BCUT2D eigenvalue weighted by Gasteiger charge is 2.16. The molecule has 1 amide bonds. The van der Waals surface area contributed by atoms with Gasteiger partial charge in [0, 0.05) is 31.4 Å². The van der Waals surface area contributed by atoms with Crippen LogP contribution >= 0.6 is 0 Å². The Hall–Kier alpha value is -2.44. The van der Waals surface area contributed by atoms with Crippen molar-refractivity contribution in [3.05, 3.63) is 45.6 Å². The molecule has 0 unspecified atom stereocenters. The van der Waals surface area contributed by atoms with Crippen LogP contribution < -0.4 is 10.9 Å². The minimum Gasteiger partial charge on any atom is -0.344 e.